The monoisotopic (exact) mass is 281 g/mol. The lowest BCUT2D eigenvalue weighted by Gasteiger charge is -2.09. The van der Waals surface area contributed by atoms with Crippen molar-refractivity contribution in [2.75, 3.05) is 5.73 Å². The zero-order chi connectivity index (χ0) is 14.8. The van der Waals surface area contributed by atoms with Gasteiger partial charge in [-0.05, 0) is 24.3 Å². The number of non-ortho nitro benzene ring substituents is 1. The SMILES string of the molecule is Nc1cccnc1Oc1ccc([N+](=O)[O-])c2ccccc12. The van der Waals surface area contributed by atoms with Gasteiger partial charge >= 0.3 is 0 Å². The summed E-state index contributed by atoms with van der Waals surface area (Å²) in [7, 11) is 0. The van der Waals surface area contributed by atoms with E-state index in [9.17, 15) is 10.1 Å². The quantitative estimate of drug-likeness (QED) is 0.585. The van der Waals surface area contributed by atoms with Crippen molar-refractivity contribution in [2.45, 2.75) is 0 Å². The molecule has 0 radical (unpaired) electrons. The lowest BCUT2D eigenvalue weighted by molar-refractivity contribution is -0.383. The molecule has 0 aliphatic carbocycles. The molecule has 0 fully saturated rings. The number of nitrogens with zero attached hydrogens (tertiary/aromatic N) is 2. The molecule has 0 atom stereocenters. The molecule has 0 spiro atoms. The molecule has 0 aliphatic heterocycles. The minimum absolute atomic E-state index is 0.0342. The van der Waals surface area contributed by atoms with Gasteiger partial charge in [0.05, 0.1) is 16.0 Å². The Morgan fingerprint density at radius 2 is 1.81 bits per heavy atom. The number of rotatable bonds is 3. The molecule has 0 saturated carbocycles. The highest BCUT2D eigenvalue weighted by Gasteiger charge is 2.15. The fourth-order valence-corrected chi connectivity index (χ4v) is 2.10. The van der Waals surface area contributed by atoms with Crippen molar-refractivity contribution in [1.82, 2.24) is 4.98 Å². The maximum atomic E-state index is 11.1. The zero-order valence-corrected chi connectivity index (χ0v) is 10.9. The lowest BCUT2D eigenvalue weighted by atomic mass is 10.1. The number of ether oxygens (including phenoxy) is 1. The van der Waals surface area contributed by atoms with Crippen LogP contribution in [0.15, 0.2) is 54.7 Å². The van der Waals surface area contributed by atoms with Gasteiger partial charge in [-0.15, -0.1) is 0 Å². The Hall–Kier alpha value is -3.15. The summed E-state index contributed by atoms with van der Waals surface area (Å²) >= 11 is 0. The summed E-state index contributed by atoms with van der Waals surface area (Å²) < 4.78 is 5.70. The summed E-state index contributed by atoms with van der Waals surface area (Å²) in [5, 5.41) is 12.2. The Morgan fingerprint density at radius 1 is 1.05 bits per heavy atom. The van der Waals surface area contributed by atoms with E-state index in [1.54, 1.807) is 48.7 Å². The Bertz CT molecular complexity index is 833. The average molecular weight is 281 g/mol. The van der Waals surface area contributed by atoms with Crippen LogP contribution < -0.4 is 10.5 Å². The first-order chi connectivity index (χ1) is 10.2. The highest BCUT2D eigenvalue weighted by atomic mass is 16.6. The topological polar surface area (TPSA) is 91.3 Å². The first-order valence-electron chi connectivity index (χ1n) is 6.21. The summed E-state index contributed by atoms with van der Waals surface area (Å²) in [6.45, 7) is 0. The fourth-order valence-electron chi connectivity index (χ4n) is 2.10. The van der Waals surface area contributed by atoms with Crippen LogP contribution in [-0.4, -0.2) is 9.91 Å². The van der Waals surface area contributed by atoms with Gasteiger partial charge in [0.1, 0.15) is 5.75 Å². The Labute approximate surface area is 119 Å². The number of pyridine rings is 1. The summed E-state index contributed by atoms with van der Waals surface area (Å²) in [4.78, 5) is 14.7. The van der Waals surface area contributed by atoms with Gasteiger partial charge in [-0.2, -0.15) is 0 Å². The second-order valence-corrected chi connectivity index (χ2v) is 4.39. The molecular formula is C15H11N3O3. The van der Waals surface area contributed by atoms with Crippen molar-refractivity contribution in [3.05, 3.63) is 64.8 Å². The van der Waals surface area contributed by atoms with E-state index >= 15 is 0 Å². The number of anilines is 1. The lowest BCUT2D eigenvalue weighted by Crippen LogP contribution is -1.96. The van der Waals surface area contributed by atoms with E-state index in [0.29, 0.717) is 22.2 Å². The van der Waals surface area contributed by atoms with Crippen molar-refractivity contribution in [2.24, 2.45) is 0 Å². The molecule has 0 saturated heterocycles. The Kier molecular flexibility index (Phi) is 3.12. The predicted octanol–water partition coefficient (Wildman–Crippen LogP) is 3.52. The first-order valence-corrected chi connectivity index (χ1v) is 6.21. The van der Waals surface area contributed by atoms with Crippen molar-refractivity contribution in [1.29, 1.82) is 0 Å². The van der Waals surface area contributed by atoms with Gasteiger partial charge in [-0.1, -0.05) is 18.2 Å². The molecule has 6 heteroatoms. The highest BCUT2D eigenvalue weighted by Crippen LogP contribution is 2.35. The van der Waals surface area contributed by atoms with Crippen LogP contribution in [0.25, 0.3) is 10.8 Å². The molecule has 0 unspecified atom stereocenters. The fraction of sp³-hybridized carbons (Fsp3) is 0. The number of nitro benzene ring substituents is 1. The molecular weight excluding hydrogens is 270 g/mol. The number of aromatic nitrogens is 1. The van der Waals surface area contributed by atoms with Crippen LogP contribution in [-0.2, 0) is 0 Å². The molecule has 3 aromatic rings. The van der Waals surface area contributed by atoms with Crippen LogP contribution >= 0.6 is 0 Å². The van der Waals surface area contributed by atoms with Crippen molar-refractivity contribution in [3.63, 3.8) is 0 Å². The van der Waals surface area contributed by atoms with Crippen molar-refractivity contribution < 1.29 is 9.66 Å². The zero-order valence-electron chi connectivity index (χ0n) is 10.9. The third-order valence-corrected chi connectivity index (χ3v) is 3.06. The number of benzene rings is 2. The van der Waals surface area contributed by atoms with Crippen LogP contribution in [0.4, 0.5) is 11.4 Å². The second-order valence-electron chi connectivity index (χ2n) is 4.39. The molecule has 21 heavy (non-hydrogen) atoms. The predicted molar refractivity (Wildman–Crippen MR) is 79.3 cm³/mol. The van der Waals surface area contributed by atoms with E-state index in [1.807, 2.05) is 0 Å². The van der Waals surface area contributed by atoms with Crippen LogP contribution in [0.1, 0.15) is 0 Å². The number of nitrogen functional groups attached to an aromatic ring is 1. The average Bonchev–Trinajstić information content (AvgIpc) is 2.49. The normalized spacial score (nSPS) is 10.5. The molecule has 1 heterocycles. The first kappa shape index (κ1) is 12.9. The third kappa shape index (κ3) is 2.34. The van der Waals surface area contributed by atoms with Gasteiger partial charge in [0.25, 0.3) is 5.69 Å². The smallest absolute Gasteiger partial charge is 0.277 e. The third-order valence-electron chi connectivity index (χ3n) is 3.06. The van der Waals surface area contributed by atoms with E-state index in [2.05, 4.69) is 4.98 Å². The Morgan fingerprint density at radius 3 is 2.52 bits per heavy atom. The van der Waals surface area contributed by atoms with Gasteiger partial charge in [0.2, 0.25) is 5.88 Å². The molecule has 2 N–H and O–H groups in total. The molecule has 104 valence electrons. The minimum Gasteiger partial charge on any atom is -0.436 e. The van der Waals surface area contributed by atoms with Gasteiger partial charge < -0.3 is 10.5 Å². The molecule has 3 rings (SSSR count). The largest absolute Gasteiger partial charge is 0.436 e. The number of nitrogens with two attached hydrogens (primary N) is 1. The van der Waals surface area contributed by atoms with Crippen LogP contribution in [0, 0.1) is 10.1 Å². The molecule has 0 aliphatic rings. The van der Waals surface area contributed by atoms with E-state index in [-0.39, 0.29) is 11.6 Å². The number of fused-ring (bicyclic) bond motifs is 1. The molecule has 0 amide bonds. The molecule has 0 bridgehead atoms. The number of hydrogen-bond donors (Lipinski definition) is 1. The summed E-state index contributed by atoms with van der Waals surface area (Å²) in [5.41, 5.74) is 6.23. The number of hydrogen-bond acceptors (Lipinski definition) is 5. The maximum Gasteiger partial charge on any atom is 0.277 e. The Balaban J connectivity index is 2.14. The summed E-state index contributed by atoms with van der Waals surface area (Å²) in [6, 6.07) is 13.3. The van der Waals surface area contributed by atoms with E-state index in [4.69, 9.17) is 10.5 Å². The molecule has 6 nitrogen and oxygen atoms in total. The van der Waals surface area contributed by atoms with Gasteiger partial charge in [0.15, 0.2) is 0 Å². The standard InChI is InChI=1S/C15H11N3O3/c16-12-6-3-9-17-15(12)21-14-8-7-13(18(19)20)10-4-1-2-5-11(10)14/h1-9H,16H2. The van der Waals surface area contributed by atoms with Gasteiger partial charge in [-0.3, -0.25) is 10.1 Å². The highest BCUT2D eigenvalue weighted by molar-refractivity contribution is 5.95. The van der Waals surface area contributed by atoms with E-state index < -0.39 is 4.92 Å². The molecule has 2 aromatic carbocycles. The van der Waals surface area contributed by atoms with Gasteiger partial charge in [0, 0.05) is 17.6 Å². The van der Waals surface area contributed by atoms with Crippen LogP contribution in [0.3, 0.4) is 0 Å². The summed E-state index contributed by atoms with van der Waals surface area (Å²) in [6.07, 6.45) is 1.57. The maximum absolute atomic E-state index is 11.1. The summed E-state index contributed by atoms with van der Waals surface area (Å²) in [5.74, 6) is 0.748. The van der Waals surface area contributed by atoms with E-state index in [1.165, 1.54) is 6.07 Å². The van der Waals surface area contributed by atoms with Crippen molar-refractivity contribution in [3.8, 4) is 11.6 Å². The minimum atomic E-state index is -0.415. The molecule has 1 aromatic heterocycles. The van der Waals surface area contributed by atoms with Crippen LogP contribution in [0.5, 0.6) is 11.6 Å². The van der Waals surface area contributed by atoms with Crippen molar-refractivity contribution >= 4 is 22.1 Å². The van der Waals surface area contributed by atoms with Crippen LogP contribution in [0.2, 0.25) is 0 Å². The second kappa shape index (κ2) is 5.09. The van der Waals surface area contributed by atoms with E-state index in [0.717, 1.165) is 0 Å². The van der Waals surface area contributed by atoms with Gasteiger partial charge in [-0.25, -0.2) is 4.98 Å². The number of nitro groups is 1.